The molecular weight excluding hydrogens is 382 g/mol. The molecule has 4 fully saturated rings. The van der Waals surface area contributed by atoms with Crippen LogP contribution in [0.4, 0.5) is 5.69 Å². The van der Waals surface area contributed by atoms with Crippen molar-refractivity contribution in [2.24, 2.45) is 17.3 Å². The van der Waals surface area contributed by atoms with Gasteiger partial charge < -0.3 is 15.4 Å². The highest BCUT2D eigenvalue weighted by Crippen LogP contribution is 2.62. The zero-order valence-electron chi connectivity index (χ0n) is 17.4. The van der Waals surface area contributed by atoms with Crippen molar-refractivity contribution in [3.63, 3.8) is 0 Å². The zero-order valence-corrected chi connectivity index (χ0v) is 17.4. The SMILES string of the molecule is CC(=O)NC12C[C@H]3C[C@@H](C1)CC(C(=O)O[C@H](C)C(=O)Nc1ccccc1C#N)(C3)C2. The summed E-state index contributed by atoms with van der Waals surface area (Å²) in [5, 5.41) is 15.0. The molecular formula is C23H27N3O4. The molecule has 0 radical (unpaired) electrons. The van der Waals surface area contributed by atoms with Crippen molar-refractivity contribution in [2.75, 3.05) is 5.32 Å². The third-order valence-corrected chi connectivity index (χ3v) is 6.89. The number of benzene rings is 1. The van der Waals surface area contributed by atoms with Gasteiger partial charge in [-0.15, -0.1) is 0 Å². The van der Waals surface area contributed by atoms with E-state index in [4.69, 9.17) is 4.74 Å². The number of amides is 2. The smallest absolute Gasteiger partial charge is 0.312 e. The second kappa shape index (κ2) is 7.42. The number of nitriles is 1. The van der Waals surface area contributed by atoms with Crippen LogP contribution >= 0.6 is 0 Å². The fourth-order valence-electron chi connectivity index (χ4n) is 6.28. The second-order valence-corrected chi connectivity index (χ2v) is 9.40. The van der Waals surface area contributed by atoms with Crippen molar-refractivity contribution in [1.29, 1.82) is 5.26 Å². The third-order valence-electron chi connectivity index (χ3n) is 6.89. The Morgan fingerprint density at radius 3 is 2.47 bits per heavy atom. The van der Waals surface area contributed by atoms with Gasteiger partial charge in [-0.05, 0) is 69.4 Å². The Kier molecular flexibility index (Phi) is 5.05. The van der Waals surface area contributed by atoms with Gasteiger partial charge in [0.15, 0.2) is 6.10 Å². The van der Waals surface area contributed by atoms with E-state index < -0.39 is 17.4 Å². The molecule has 2 amide bonds. The normalized spacial score (nSPS) is 32.0. The van der Waals surface area contributed by atoms with Gasteiger partial charge in [0.2, 0.25) is 5.91 Å². The number of carbonyl (C=O) groups is 3. The predicted molar refractivity (Wildman–Crippen MR) is 109 cm³/mol. The first kappa shape index (κ1) is 20.4. The van der Waals surface area contributed by atoms with E-state index in [1.165, 1.54) is 6.92 Å². The van der Waals surface area contributed by atoms with E-state index in [-0.39, 0.29) is 17.4 Å². The molecule has 4 bridgehead atoms. The van der Waals surface area contributed by atoms with Crippen LogP contribution in [0.15, 0.2) is 24.3 Å². The molecule has 5 atom stereocenters. The van der Waals surface area contributed by atoms with Crippen molar-refractivity contribution in [3.8, 4) is 6.07 Å². The number of hydrogen-bond donors (Lipinski definition) is 2. The van der Waals surface area contributed by atoms with E-state index in [9.17, 15) is 19.6 Å². The van der Waals surface area contributed by atoms with E-state index >= 15 is 0 Å². The Morgan fingerprint density at radius 1 is 1.17 bits per heavy atom. The Morgan fingerprint density at radius 2 is 1.83 bits per heavy atom. The average Bonchev–Trinajstić information content (AvgIpc) is 2.66. The first-order chi connectivity index (χ1) is 14.2. The van der Waals surface area contributed by atoms with Crippen molar-refractivity contribution >= 4 is 23.5 Å². The molecule has 2 N–H and O–H groups in total. The Labute approximate surface area is 176 Å². The lowest BCUT2D eigenvalue weighted by Gasteiger charge is -2.60. The molecule has 2 unspecified atom stereocenters. The second-order valence-electron chi connectivity index (χ2n) is 9.40. The Bertz CT molecular complexity index is 921. The zero-order chi connectivity index (χ0) is 21.5. The molecule has 1 aromatic rings. The molecule has 5 rings (SSSR count). The lowest BCUT2D eigenvalue weighted by Crippen LogP contribution is -2.65. The monoisotopic (exact) mass is 409 g/mol. The lowest BCUT2D eigenvalue weighted by molar-refractivity contribution is -0.181. The maximum absolute atomic E-state index is 13.2. The maximum atomic E-state index is 13.2. The van der Waals surface area contributed by atoms with Crippen molar-refractivity contribution in [1.82, 2.24) is 5.32 Å². The minimum Gasteiger partial charge on any atom is -0.452 e. The van der Waals surface area contributed by atoms with E-state index in [1.807, 2.05) is 6.07 Å². The maximum Gasteiger partial charge on any atom is 0.312 e. The summed E-state index contributed by atoms with van der Waals surface area (Å²) >= 11 is 0. The van der Waals surface area contributed by atoms with E-state index in [2.05, 4.69) is 10.6 Å². The quantitative estimate of drug-likeness (QED) is 0.727. The highest BCUT2D eigenvalue weighted by atomic mass is 16.5. The summed E-state index contributed by atoms with van der Waals surface area (Å²) in [5.74, 6) is -0.0751. The van der Waals surface area contributed by atoms with Gasteiger partial charge in [0, 0.05) is 12.5 Å². The summed E-state index contributed by atoms with van der Waals surface area (Å²) < 4.78 is 5.65. The van der Waals surface area contributed by atoms with Crippen molar-refractivity contribution in [2.45, 2.75) is 64.0 Å². The fourth-order valence-corrected chi connectivity index (χ4v) is 6.28. The van der Waals surface area contributed by atoms with Crippen LogP contribution in [-0.4, -0.2) is 29.4 Å². The van der Waals surface area contributed by atoms with Gasteiger partial charge in [-0.3, -0.25) is 14.4 Å². The molecule has 30 heavy (non-hydrogen) atoms. The van der Waals surface area contributed by atoms with Gasteiger partial charge in [-0.25, -0.2) is 0 Å². The van der Waals surface area contributed by atoms with E-state index in [0.717, 1.165) is 32.1 Å². The molecule has 0 aliphatic heterocycles. The molecule has 0 saturated heterocycles. The highest BCUT2D eigenvalue weighted by Gasteiger charge is 2.61. The first-order valence-corrected chi connectivity index (χ1v) is 10.5. The van der Waals surface area contributed by atoms with Crippen LogP contribution < -0.4 is 10.6 Å². The summed E-state index contributed by atoms with van der Waals surface area (Å²) in [6.07, 6.45) is 4.05. The number of para-hydroxylation sites is 1. The van der Waals surface area contributed by atoms with Crippen molar-refractivity contribution in [3.05, 3.63) is 29.8 Å². The summed E-state index contributed by atoms with van der Waals surface area (Å²) in [4.78, 5) is 37.6. The number of hydrogen-bond acceptors (Lipinski definition) is 5. The predicted octanol–water partition coefficient (Wildman–Crippen LogP) is 2.90. The van der Waals surface area contributed by atoms with Crippen LogP contribution in [0.3, 0.4) is 0 Å². The van der Waals surface area contributed by atoms with Crippen LogP contribution in [0.25, 0.3) is 0 Å². The van der Waals surface area contributed by atoms with E-state index in [1.54, 1.807) is 31.2 Å². The summed E-state index contributed by atoms with van der Waals surface area (Å²) in [6, 6.07) is 8.73. The van der Waals surface area contributed by atoms with Crippen LogP contribution in [0.5, 0.6) is 0 Å². The lowest BCUT2D eigenvalue weighted by atomic mass is 9.47. The summed E-state index contributed by atoms with van der Waals surface area (Å²) in [5.41, 5.74) is -0.215. The molecule has 158 valence electrons. The van der Waals surface area contributed by atoms with Gasteiger partial charge in [-0.1, -0.05) is 12.1 Å². The number of carbonyl (C=O) groups excluding carboxylic acids is 3. The van der Waals surface area contributed by atoms with Gasteiger partial charge in [0.25, 0.3) is 5.91 Å². The molecule has 0 heterocycles. The van der Waals surface area contributed by atoms with Gasteiger partial charge >= 0.3 is 5.97 Å². The number of esters is 1. The van der Waals surface area contributed by atoms with Crippen molar-refractivity contribution < 1.29 is 19.1 Å². The van der Waals surface area contributed by atoms with Crippen LogP contribution in [0.1, 0.15) is 57.9 Å². The summed E-state index contributed by atoms with van der Waals surface area (Å²) in [7, 11) is 0. The molecule has 0 aromatic heterocycles. The standard InChI is InChI=1S/C23H27N3O4/c1-14(20(28)25-19-6-4-3-5-18(19)12-24)30-21(29)22-8-16-7-17(9-22)11-23(10-16,13-22)26-15(2)27/h3-6,14,16-17H,7-11,13H2,1-2H3,(H,25,28)(H,26,27)/t14-,16-,17+,22?,23?/m1/s1. The molecule has 4 saturated carbocycles. The minimum absolute atomic E-state index is 0.0654. The number of nitrogens with zero attached hydrogens (tertiary/aromatic N) is 1. The van der Waals surface area contributed by atoms with Crippen LogP contribution in [-0.2, 0) is 19.1 Å². The molecule has 0 spiro atoms. The Hall–Kier alpha value is -2.88. The fraction of sp³-hybridized carbons (Fsp3) is 0.565. The highest BCUT2D eigenvalue weighted by molar-refractivity contribution is 5.96. The largest absolute Gasteiger partial charge is 0.452 e. The van der Waals surface area contributed by atoms with Crippen LogP contribution in [0.2, 0.25) is 0 Å². The van der Waals surface area contributed by atoms with Gasteiger partial charge in [0.1, 0.15) is 6.07 Å². The Balaban J connectivity index is 1.46. The minimum atomic E-state index is -0.978. The third kappa shape index (κ3) is 3.67. The molecule has 7 nitrogen and oxygen atoms in total. The molecule has 7 heteroatoms. The number of anilines is 1. The first-order valence-electron chi connectivity index (χ1n) is 10.5. The van der Waals surface area contributed by atoms with Gasteiger partial charge in [0.05, 0.1) is 16.7 Å². The average molecular weight is 409 g/mol. The molecule has 4 aliphatic rings. The van der Waals surface area contributed by atoms with Crippen LogP contribution in [0, 0.1) is 28.6 Å². The van der Waals surface area contributed by atoms with Gasteiger partial charge in [-0.2, -0.15) is 5.26 Å². The number of ether oxygens (including phenoxy) is 1. The van der Waals surface area contributed by atoms with E-state index in [0.29, 0.717) is 29.5 Å². The molecule has 1 aromatic carbocycles. The summed E-state index contributed by atoms with van der Waals surface area (Å²) in [6.45, 7) is 3.07. The molecule has 4 aliphatic carbocycles. The topological polar surface area (TPSA) is 108 Å². The number of rotatable bonds is 5. The number of nitrogens with one attached hydrogen (secondary N) is 2.